The molecule has 2 atom stereocenters. The third kappa shape index (κ3) is 13.0. The molecule has 1 aromatic carbocycles. The zero-order chi connectivity index (χ0) is 31.3. The smallest absolute Gasteiger partial charge is 0.337 e. The second-order valence-corrected chi connectivity index (χ2v) is 12.0. The summed E-state index contributed by atoms with van der Waals surface area (Å²) in [6.07, 6.45) is 1.45. The zero-order valence-corrected chi connectivity index (χ0v) is 26.5. The first kappa shape index (κ1) is 36.0. The predicted molar refractivity (Wildman–Crippen MR) is 157 cm³/mol. The van der Waals surface area contributed by atoms with Gasteiger partial charge in [-0.3, -0.25) is 9.59 Å². The van der Waals surface area contributed by atoms with Gasteiger partial charge in [0.15, 0.2) is 11.5 Å². The van der Waals surface area contributed by atoms with Gasteiger partial charge in [0.2, 0.25) is 0 Å². The quantitative estimate of drug-likeness (QED) is 0.0994. The summed E-state index contributed by atoms with van der Waals surface area (Å²) in [7, 11) is 3.23. The van der Waals surface area contributed by atoms with Crippen molar-refractivity contribution in [3.63, 3.8) is 0 Å². The maximum absolute atomic E-state index is 13.6. The Morgan fingerprint density at radius 1 is 0.927 bits per heavy atom. The minimum Gasteiger partial charge on any atom is -0.493 e. The number of carboxylic acid groups (broad SMARTS) is 1. The van der Waals surface area contributed by atoms with Gasteiger partial charge in [0, 0.05) is 33.5 Å². The molecular weight excluding hydrogens is 528 g/mol. The van der Waals surface area contributed by atoms with Gasteiger partial charge in [-0.1, -0.05) is 33.8 Å². The Balaban J connectivity index is 3.53. The molecule has 9 nitrogen and oxygen atoms in total. The normalized spacial score (nSPS) is 13.9. The number of aliphatic carboxylic acids is 1. The topological polar surface area (TPSA) is 118 Å². The number of esters is 2. The van der Waals surface area contributed by atoms with Gasteiger partial charge >= 0.3 is 17.9 Å². The summed E-state index contributed by atoms with van der Waals surface area (Å²) in [6, 6.07) is 5.75. The molecule has 1 N–H and O–H groups in total. The maximum atomic E-state index is 13.6. The first-order valence-corrected chi connectivity index (χ1v) is 14.2. The van der Waals surface area contributed by atoms with Crippen LogP contribution in [0, 0.1) is 23.7 Å². The van der Waals surface area contributed by atoms with Crippen LogP contribution in [0.3, 0.4) is 0 Å². The number of allylic oxidation sites excluding steroid dienone is 1. The summed E-state index contributed by atoms with van der Waals surface area (Å²) >= 11 is 0. The minimum atomic E-state index is -1.02. The summed E-state index contributed by atoms with van der Waals surface area (Å²) in [6.45, 7) is 15.3. The highest BCUT2D eigenvalue weighted by Gasteiger charge is 2.32. The van der Waals surface area contributed by atoms with Gasteiger partial charge < -0.3 is 28.8 Å². The highest BCUT2D eigenvalue weighted by atomic mass is 16.6. The Morgan fingerprint density at radius 3 is 2.07 bits per heavy atom. The van der Waals surface area contributed by atoms with Crippen molar-refractivity contribution in [2.75, 3.05) is 27.4 Å². The van der Waals surface area contributed by atoms with E-state index in [9.17, 15) is 19.5 Å². The maximum Gasteiger partial charge on any atom is 0.337 e. The molecule has 0 heterocycles. The highest BCUT2D eigenvalue weighted by molar-refractivity contribution is 5.90. The molecule has 0 aliphatic rings. The lowest BCUT2D eigenvalue weighted by Crippen LogP contribution is -2.29. The standard InChI is InChI=1S/C32H50O9/c1-20(2)24(16-23-12-13-27(38-10)29(17-23)39-15-11-14-37-9)18-26(31(36)41-32(6,7)8)28(40-22(5)33)19-25(21(3)4)30(34)35/h12-13,17,20-21,24-25H,11,14-16,18-19H2,1-10H3,(H,34,35)/t24-,25?/m0/s1. The van der Waals surface area contributed by atoms with E-state index in [1.807, 2.05) is 18.2 Å². The second-order valence-electron chi connectivity index (χ2n) is 12.0. The molecule has 1 rings (SSSR count). The number of carbonyl (C=O) groups is 3. The number of carboxylic acids is 1. The Hall–Kier alpha value is -3.07. The number of carbonyl (C=O) groups excluding carboxylic acids is 2. The molecule has 0 saturated heterocycles. The third-order valence-corrected chi connectivity index (χ3v) is 6.66. The lowest BCUT2D eigenvalue weighted by molar-refractivity contribution is -0.151. The van der Waals surface area contributed by atoms with Crippen LogP contribution < -0.4 is 9.47 Å². The number of benzene rings is 1. The van der Waals surface area contributed by atoms with E-state index in [0.29, 0.717) is 31.1 Å². The molecule has 0 amide bonds. The average molecular weight is 579 g/mol. The summed E-state index contributed by atoms with van der Waals surface area (Å²) in [5.74, 6) is -2.02. The largest absolute Gasteiger partial charge is 0.493 e. The van der Waals surface area contributed by atoms with Gasteiger partial charge in [-0.05, 0) is 69.1 Å². The Labute approximate surface area is 245 Å². The molecule has 232 valence electrons. The van der Waals surface area contributed by atoms with Crippen LogP contribution in [0.1, 0.15) is 80.2 Å². The van der Waals surface area contributed by atoms with Crippen molar-refractivity contribution in [1.82, 2.24) is 0 Å². The van der Waals surface area contributed by atoms with Crippen molar-refractivity contribution in [3.05, 3.63) is 35.1 Å². The van der Waals surface area contributed by atoms with E-state index < -0.39 is 29.4 Å². The Morgan fingerprint density at radius 2 is 1.59 bits per heavy atom. The van der Waals surface area contributed by atoms with Crippen molar-refractivity contribution < 1.29 is 43.2 Å². The van der Waals surface area contributed by atoms with Crippen LogP contribution in [0.4, 0.5) is 0 Å². The van der Waals surface area contributed by atoms with Crippen molar-refractivity contribution in [2.24, 2.45) is 23.7 Å². The fourth-order valence-electron chi connectivity index (χ4n) is 4.31. The van der Waals surface area contributed by atoms with Crippen LogP contribution in [0.15, 0.2) is 29.5 Å². The second kappa shape index (κ2) is 17.0. The van der Waals surface area contributed by atoms with E-state index in [4.69, 9.17) is 23.7 Å². The van der Waals surface area contributed by atoms with Crippen LogP contribution in [-0.2, 0) is 35.0 Å². The minimum absolute atomic E-state index is 0.0513. The molecule has 1 unspecified atom stereocenters. The van der Waals surface area contributed by atoms with Crippen LogP contribution in [0.2, 0.25) is 0 Å². The fourth-order valence-corrected chi connectivity index (χ4v) is 4.31. The van der Waals surface area contributed by atoms with Gasteiger partial charge in [-0.2, -0.15) is 0 Å². The first-order valence-electron chi connectivity index (χ1n) is 14.2. The lowest BCUT2D eigenvalue weighted by Gasteiger charge is -2.27. The molecule has 0 spiro atoms. The third-order valence-electron chi connectivity index (χ3n) is 6.66. The molecule has 0 saturated carbocycles. The first-order chi connectivity index (χ1) is 19.1. The molecule has 0 radical (unpaired) electrons. The van der Waals surface area contributed by atoms with E-state index in [0.717, 1.165) is 12.0 Å². The molecule has 0 aromatic heterocycles. The van der Waals surface area contributed by atoms with Gasteiger partial charge in [0.25, 0.3) is 0 Å². The zero-order valence-electron chi connectivity index (χ0n) is 26.5. The van der Waals surface area contributed by atoms with Crippen LogP contribution >= 0.6 is 0 Å². The number of rotatable bonds is 17. The SMILES string of the molecule is COCCCOc1cc(C[C@@H](CC(C(=O)OC(C)(C)C)=C(CC(C(=O)O)C(C)C)OC(C)=O)C(C)C)ccc1OC. The fraction of sp³-hybridized carbons (Fsp3) is 0.656. The van der Waals surface area contributed by atoms with E-state index in [1.54, 1.807) is 48.8 Å². The molecule has 1 aromatic rings. The van der Waals surface area contributed by atoms with Crippen molar-refractivity contribution in [3.8, 4) is 11.5 Å². The average Bonchev–Trinajstić information content (AvgIpc) is 2.85. The Kier molecular flexibility index (Phi) is 14.9. The summed E-state index contributed by atoms with van der Waals surface area (Å²) in [4.78, 5) is 37.7. The molecule has 0 aliphatic heterocycles. The molecular formula is C32H50O9. The van der Waals surface area contributed by atoms with Crippen molar-refractivity contribution in [2.45, 2.75) is 86.7 Å². The van der Waals surface area contributed by atoms with E-state index in [-0.39, 0.29) is 41.9 Å². The van der Waals surface area contributed by atoms with Gasteiger partial charge in [-0.25, -0.2) is 4.79 Å². The van der Waals surface area contributed by atoms with Gasteiger partial charge in [-0.15, -0.1) is 0 Å². The van der Waals surface area contributed by atoms with Crippen molar-refractivity contribution >= 4 is 17.9 Å². The number of hydrogen-bond donors (Lipinski definition) is 1. The lowest BCUT2D eigenvalue weighted by atomic mass is 9.82. The van der Waals surface area contributed by atoms with Crippen LogP contribution in [-0.4, -0.2) is 56.0 Å². The molecule has 0 bridgehead atoms. The van der Waals surface area contributed by atoms with E-state index in [2.05, 4.69) is 13.8 Å². The highest BCUT2D eigenvalue weighted by Crippen LogP contribution is 2.34. The molecule has 0 aliphatic carbocycles. The van der Waals surface area contributed by atoms with Gasteiger partial charge in [0.05, 0.1) is 25.2 Å². The summed E-state index contributed by atoms with van der Waals surface area (Å²) in [5, 5.41) is 9.85. The number of hydrogen-bond acceptors (Lipinski definition) is 8. The van der Waals surface area contributed by atoms with E-state index in [1.165, 1.54) is 6.92 Å². The van der Waals surface area contributed by atoms with Crippen molar-refractivity contribution in [1.29, 1.82) is 0 Å². The summed E-state index contributed by atoms with van der Waals surface area (Å²) in [5.41, 5.74) is 0.367. The Bertz CT molecular complexity index is 1030. The van der Waals surface area contributed by atoms with E-state index >= 15 is 0 Å². The number of ether oxygens (including phenoxy) is 5. The molecule has 41 heavy (non-hydrogen) atoms. The van der Waals surface area contributed by atoms with Crippen LogP contribution in [0.25, 0.3) is 0 Å². The number of methoxy groups -OCH3 is 2. The molecule has 9 heteroatoms. The van der Waals surface area contributed by atoms with Gasteiger partial charge in [0.1, 0.15) is 11.4 Å². The monoisotopic (exact) mass is 578 g/mol. The summed E-state index contributed by atoms with van der Waals surface area (Å²) < 4.78 is 27.8. The predicted octanol–water partition coefficient (Wildman–Crippen LogP) is 6.22. The van der Waals surface area contributed by atoms with Crippen LogP contribution in [0.5, 0.6) is 11.5 Å². The molecule has 0 fully saturated rings.